The number of hydrogen-bond acceptors (Lipinski definition) is 6. The Labute approximate surface area is 200 Å². The highest BCUT2D eigenvalue weighted by molar-refractivity contribution is 7.10. The van der Waals surface area contributed by atoms with Crippen LogP contribution in [0.3, 0.4) is 0 Å². The second-order valence-electron chi connectivity index (χ2n) is 7.62. The van der Waals surface area contributed by atoms with E-state index in [-0.39, 0.29) is 18.0 Å². The van der Waals surface area contributed by atoms with Gasteiger partial charge < -0.3 is 24.2 Å². The molecule has 2 unspecified atom stereocenters. The number of fused-ring (bicyclic) bond motifs is 1. The maximum atomic E-state index is 13.3. The zero-order chi connectivity index (χ0) is 25.4. The fraction of sp³-hybridized carbons (Fsp3) is 0.304. The van der Waals surface area contributed by atoms with Crippen LogP contribution in [0.5, 0.6) is 17.2 Å². The Morgan fingerprint density at radius 3 is 2.54 bits per heavy atom. The Hall–Kier alpha value is -3.12. The fourth-order valence-corrected chi connectivity index (χ4v) is 4.82. The molecule has 1 N–H and O–H groups in total. The Balaban J connectivity index is 1.78. The average molecular weight is 519 g/mol. The van der Waals surface area contributed by atoms with Gasteiger partial charge in [-0.2, -0.15) is 13.2 Å². The molecule has 0 amide bonds. The lowest BCUT2D eigenvalue weighted by molar-refractivity contribution is -0.274. The van der Waals surface area contributed by atoms with Crippen LogP contribution in [0.15, 0.2) is 53.9 Å². The van der Waals surface area contributed by atoms with Crippen LogP contribution in [0, 0.1) is 0 Å². The summed E-state index contributed by atoms with van der Waals surface area (Å²) in [5.41, 5.74) is 0.921. The van der Waals surface area contributed by atoms with Crippen molar-refractivity contribution in [1.82, 2.24) is 0 Å². The van der Waals surface area contributed by atoms with E-state index in [0.717, 1.165) is 12.1 Å². The van der Waals surface area contributed by atoms with Crippen LogP contribution >= 0.6 is 11.3 Å². The molecule has 0 bridgehead atoms. The second kappa shape index (κ2) is 9.50. The van der Waals surface area contributed by atoms with Crippen LogP contribution in [0.2, 0.25) is 0 Å². The van der Waals surface area contributed by atoms with Gasteiger partial charge >= 0.3 is 12.5 Å². The third-order valence-corrected chi connectivity index (χ3v) is 6.37. The van der Waals surface area contributed by atoms with E-state index >= 15 is 0 Å². The number of hydrogen-bond donors (Lipinski definition) is 1. The van der Waals surface area contributed by atoms with E-state index in [1.54, 1.807) is 23.6 Å². The van der Waals surface area contributed by atoms with E-state index in [4.69, 9.17) is 9.47 Å². The van der Waals surface area contributed by atoms with E-state index in [0.29, 0.717) is 21.8 Å². The molecule has 4 rings (SSSR count). The van der Waals surface area contributed by atoms with Crippen molar-refractivity contribution in [2.75, 3.05) is 25.2 Å². The maximum Gasteiger partial charge on any atom is 0.573 e. The normalized spacial score (nSPS) is 16.9. The molecule has 0 fully saturated rings. The molecule has 5 nitrogen and oxygen atoms in total. The molecule has 0 aliphatic carbocycles. The van der Waals surface area contributed by atoms with Crippen LogP contribution in [-0.2, 0) is 0 Å². The number of rotatable bonds is 6. The number of aliphatic hydroxyl groups is 1. The first kappa shape index (κ1) is 25.0. The van der Waals surface area contributed by atoms with Crippen LogP contribution in [0.4, 0.5) is 32.0 Å². The molecular weight excluding hydrogens is 500 g/mol. The number of thiophene rings is 1. The summed E-state index contributed by atoms with van der Waals surface area (Å²) in [7, 11) is 1.44. The number of para-hydroxylation sites is 1. The number of halogens is 6. The highest BCUT2D eigenvalue weighted by atomic mass is 32.1. The third-order valence-electron chi connectivity index (χ3n) is 5.37. The summed E-state index contributed by atoms with van der Waals surface area (Å²) >= 11 is 1.27. The molecule has 2 atom stereocenters. The lowest BCUT2D eigenvalue weighted by atomic mass is 10.00. The molecule has 3 aromatic rings. The molecule has 0 saturated carbocycles. The van der Waals surface area contributed by atoms with E-state index in [1.807, 2.05) is 0 Å². The predicted molar refractivity (Wildman–Crippen MR) is 117 cm³/mol. The Morgan fingerprint density at radius 1 is 1.11 bits per heavy atom. The number of methoxy groups -OCH3 is 1. The van der Waals surface area contributed by atoms with E-state index in [2.05, 4.69) is 4.74 Å². The van der Waals surface area contributed by atoms with Crippen LogP contribution in [-0.4, -0.2) is 44.0 Å². The van der Waals surface area contributed by atoms with Crippen molar-refractivity contribution in [3.05, 3.63) is 58.8 Å². The standard InChI is InChI=1S/C23H19F6NO4S/c1-32-18-8-9-35-21(18)17-12-33-20-15(13-4-2-5-14(10-13)34-23(27,28)29)6-3-7-16(20)30(17)11-19(31)22(24,25)26/h2-10,17,19,31H,11-12H2,1H3. The lowest BCUT2D eigenvalue weighted by Gasteiger charge is -2.40. The SMILES string of the molecule is COc1ccsc1C1COc2c(-c3cccc(OC(F)(F)F)c3)cccc2N1CC(O)C(F)(F)F. The van der Waals surface area contributed by atoms with Crippen molar-refractivity contribution >= 4 is 17.0 Å². The minimum absolute atomic E-state index is 0.0792. The smallest absolute Gasteiger partial charge is 0.496 e. The van der Waals surface area contributed by atoms with Gasteiger partial charge in [-0.05, 0) is 35.2 Å². The average Bonchev–Trinajstić information content (AvgIpc) is 3.26. The zero-order valence-corrected chi connectivity index (χ0v) is 18.9. The molecule has 1 aliphatic heterocycles. The first-order valence-electron chi connectivity index (χ1n) is 10.2. The van der Waals surface area contributed by atoms with E-state index < -0.39 is 37.0 Å². The molecule has 2 aromatic carbocycles. The number of anilines is 1. The summed E-state index contributed by atoms with van der Waals surface area (Å²) in [6, 6.07) is 10.8. The van der Waals surface area contributed by atoms with Crippen molar-refractivity contribution in [3.8, 4) is 28.4 Å². The number of alkyl halides is 6. The first-order valence-corrected chi connectivity index (χ1v) is 11.1. The Bertz CT molecular complexity index is 1180. The van der Waals surface area contributed by atoms with Crippen molar-refractivity contribution in [2.24, 2.45) is 0 Å². The van der Waals surface area contributed by atoms with Gasteiger partial charge in [0.05, 0.1) is 24.2 Å². The highest BCUT2D eigenvalue weighted by Gasteiger charge is 2.43. The van der Waals surface area contributed by atoms with Gasteiger partial charge in [-0.25, -0.2) is 0 Å². The van der Waals surface area contributed by atoms with Crippen LogP contribution in [0.1, 0.15) is 10.9 Å². The lowest BCUT2D eigenvalue weighted by Crippen LogP contribution is -2.45. The fourth-order valence-electron chi connectivity index (χ4n) is 3.86. The minimum atomic E-state index is -4.89. The number of nitrogens with zero attached hydrogens (tertiary/aromatic N) is 1. The predicted octanol–water partition coefficient (Wildman–Crippen LogP) is 6.19. The van der Waals surface area contributed by atoms with E-state index in [9.17, 15) is 31.4 Å². The quantitative estimate of drug-likeness (QED) is 0.394. The zero-order valence-electron chi connectivity index (χ0n) is 18.1. The van der Waals surface area contributed by atoms with Crippen LogP contribution in [0.25, 0.3) is 11.1 Å². The summed E-state index contributed by atoms with van der Waals surface area (Å²) in [5.74, 6) is 0.193. The summed E-state index contributed by atoms with van der Waals surface area (Å²) in [6.07, 6.45) is -12.4. The molecule has 0 saturated heterocycles. The van der Waals surface area contributed by atoms with E-state index in [1.165, 1.54) is 41.5 Å². The molecule has 2 heterocycles. The van der Waals surface area contributed by atoms with Gasteiger partial charge in [0.1, 0.15) is 24.1 Å². The summed E-state index contributed by atoms with van der Waals surface area (Å²) in [6.45, 7) is -0.865. The van der Waals surface area contributed by atoms with Gasteiger partial charge in [-0.1, -0.05) is 24.3 Å². The summed E-state index contributed by atoms with van der Waals surface area (Å²) < 4.78 is 93.2. The van der Waals surface area contributed by atoms with Gasteiger partial charge in [0, 0.05) is 5.56 Å². The molecule has 12 heteroatoms. The molecule has 0 spiro atoms. The monoisotopic (exact) mass is 519 g/mol. The summed E-state index contributed by atoms with van der Waals surface area (Å²) in [5, 5.41) is 11.6. The minimum Gasteiger partial charge on any atom is -0.496 e. The molecular formula is C23H19F6NO4S. The van der Waals surface area contributed by atoms with Gasteiger partial charge in [-0.15, -0.1) is 24.5 Å². The first-order chi connectivity index (χ1) is 16.5. The van der Waals surface area contributed by atoms with Crippen molar-refractivity contribution in [1.29, 1.82) is 0 Å². The van der Waals surface area contributed by atoms with Crippen molar-refractivity contribution < 1.29 is 45.7 Å². The molecule has 35 heavy (non-hydrogen) atoms. The number of β-amino-alcohol motifs (C(OH)–C–C–N with tert-alkyl or cyclic N) is 1. The molecule has 188 valence electrons. The largest absolute Gasteiger partial charge is 0.573 e. The number of benzene rings is 2. The molecule has 0 radical (unpaired) electrons. The Kier molecular flexibility index (Phi) is 6.78. The molecule has 1 aliphatic rings. The van der Waals surface area contributed by atoms with Gasteiger partial charge in [-0.3, -0.25) is 0 Å². The molecule has 1 aromatic heterocycles. The van der Waals surface area contributed by atoms with Crippen LogP contribution < -0.4 is 19.1 Å². The van der Waals surface area contributed by atoms with Gasteiger partial charge in [0.15, 0.2) is 11.9 Å². The maximum absolute atomic E-state index is 13.3. The highest BCUT2D eigenvalue weighted by Crippen LogP contribution is 2.48. The number of aliphatic hydroxyl groups excluding tert-OH is 1. The van der Waals surface area contributed by atoms with Gasteiger partial charge in [0.25, 0.3) is 0 Å². The van der Waals surface area contributed by atoms with Crippen molar-refractivity contribution in [3.63, 3.8) is 0 Å². The topological polar surface area (TPSA) is 51.2 Å². The van der Waals surface area contributed by atoms with Gasteiger partial charge in [0.2, 0.25) is 0 Å². The number of ether oxygens (including phenoxy) is 3. The summed E-state index contributed by atoms with van der Waals surface area (Å²) in [4.78, 5) is 1.99. The van der Waals surface area contributed by atoms with Crippen molar-refractivity contribution in [2.45, 2.75) is 24.7 Å². The second-order valence-corrected chi connectivity index (χ2v) is 8.57. The third kappa shape index (κ3) is 5.43. The Morgan fingerprint density at radius 2 is 1.86 bits per heavy atom.